The number of nitrogens with zero attached hydrogens (tertiary/aromatic N) is 2. The van der Waals surface area contributed by atoms with Crippen LogP contribution in [0.1, 0.15) is 6.42 Å². The number of ether oxygens (including phenoxy) is 1. The van der Waals surface area contributed by atoms with Gasteiger partial charge in [0.25, 0.3) is 0 Å². The number of rotatable bonds is 1. The van der Waals surface area contributed by atoms with Crippen LogP contribution in [0.5, 0.6) is 0 Å². The van der Waals surface area contributed by atoms with E-state index >= 15 is 0 Å². The number of amides is 1. The number of hydrogen-bond donors (Lipinski definition) is 0. The highest BCUT2D eigenvalue weighted by Crippen LogP contribution is 2.30. The van der Waals surface area contributed by atoms with Gasteiger partial charge in [-0.25, -0.2) is 4.79 Å². The largest absolute Gasteiger partial charge is 0.433 e. The van der Waals surface area contributed by atoms with E-state index in [2.05, 4.69) is 11.9 Å². The maximum atomic E-state index is 11.5. The van der Waals surface area contributed by atoms with E-state index < -0.39 is 0 Å². The predicted molar refractivity (Wildman–Crippen MR) is 57.9 cm³/mol. The molecule has 2 unspecified atom stereocenters. The van der Waals surface area contributed by atoms with Crippen molar-refractivity contribution in [2.24, 2.45) is 11.8 Å². The van der Waals surface area contributed by atoms with Gasteiger partial charge in [-0.1, -0.05) is 11.6 Å². The molecule has 0 aromatic rings. The van der Waals surface area contributed by atoms with Crippen molar-refractivity contribution < 1.29 is 9.53 Å². The highest BCUT2D eigenvalue weighted by Gasteiger charge is 2.38. The number of alkyl halides is 1. The first-order chi connectivity index (χ1) is 7.20. The van der Waals surface area contributed by atoms with E-state index in [1.54, 1.807) is 4.90 Å². The van der Waals surface area contributed by atoms with Crippen LogP contribution < -0.4 is 0 Å². The summed E-state index contributed by atoms with van der Waals surface area (Å²) in [6.07, 6.45) is 0.924. The van der Waals surface area contributed by atoms with Crippen molar-refractivity contribution in [3.8, 4) is 0 Å². The zero-order valence-electron chi connectivity index (χ0n) is 8.99. The SMILES string of the molecule is CN1CCC2CN(C(=O)OCCl)CC2C1. The van der Waals surface area contributed by atoms with Gasteiger partial charge in [0.15, 0.2) is 6.07 Å². The van der Waals surface area contributed by atoms with Crippen molar-refractivity contribution in [3.63, 3.8) is 0 Å². The standard InChI is InChI=1S/C10H17ClN2O2/c1-12-3-2-8-5-13(6-9(8)4-12)10(14)15-7-11/h8-9H,2-7H2,1H3. The van der Waals surface area contributed by atoms with Crippen LogP contribution in [0, 0.1) is 11.8 Å². The topological polar surface area (TPSA) is 32.8 Å². The molecule has 2 aliphatic heterocycles. The second-order valence-corrected chi connectivity index (χ2v) is 4.71. The average Bonchev–Trinajstić information content (AvgIpc) is 2.60. The third-order valence-corrected chi connectivity index (χ3v) is 3.55. The molecule has 0 bridgehead atoms. The molecule has 0 N–H and O–H groups in total. The number of hydrogen-bond acceptors (Lipinski definition) is 3. The molecular formula is C10H17ClN2O2. The maximum Gasteiger partial charge on any atom is 0.410 e. The van der Waals surface area contributed by atoms with E-state index in [9.17, 15) is 4.79 Å². The van der Waals surface area contributed by atoms with Crippen molar-refractivity contribution >= 4 is 17.7 Å². The van der Waals surface area contributed by atoms with Crippen molar-refractivity contribution in [2.75, 3.05) is 39.3 Å². The number of piperidine rings is 1. The van der Waals surface area contributed by atoms with Crippen molar-refractivity contribution in [2.45, 2.75) is 6.42 Å². The highest BCUT2D eigenvalue weighted by molar-refractivity contribution is 6.17. The Morgan fingerprint density at radius 2 is 2.13 bits per heavy atom. The summed E-state index contributed by atoms with van der Waals surface area (Å²) < 4.78 is 4.80. The molecule has 86 valence electrons. The van der Waals surface area contributed by atoms with Gasteiger partial charge in [-0.3, -0.25) is 0 Å². The third-order valence-electron chi connectivity index (χ3n) is 3.44. The van der Waals surface area contributed by atoms with Crippen LogP contribution in [0.2, 0.25) is 0 Å². The molecule has 0 saturated carbocycles. The second kappa shape index (κ2) is 4.58. The first-order valence-corrected chi connectivity index (χ1v) is 5.90. The van der Waals surface area contributed by atoms with E-state index in [0.717, 1.165) is 26.2 Å². The fourth-order valence-corrected chi connectivity index (χ4v) is 2.73. The molecule has 15 heavy (non-hydrogen) atoms. The second-order valence-electron chi connectivity index (χ2n) is 4.50. The van der Waals surface area contributed by atoms with E-state index in [-0.39, 0.29) is 12.2 Å². The molecule has 1 amide bonds. The van der Waals surface area contributed by atoms with Gasteiger partial charge in [-0.15, -0.1) is 0 Å². The Morgan fingerprint density at radius 3 is 2.87 bits per heavy atom. The lowest BCUT2D eigenvalue weighted by Gasteiger charge is -2.31. The first-order valence-electron chi connectivity index (χ1n) is 5.37. The van der Waals surface area contributed by atoms with Gasteiger partial charge in [0, 0.05) is 19.6 Å². The zero-order valence-corrected chi connectivity index (χ0v) is 9.74. The number of fused-ring (bicyclic) bond motifs is 1. The maximum absolute atomic E-state index is 11.5. The normalized spacial score (nSPS) is 31.5. The summed E-state index contributed by atoms with van der Waals surface area (Å²) in [5.41, 5.74) is 0. The minimum absolute atomic E-state index is 0.0510. The molecule has 2 saturated heterocycles. The Hall–Kier alpha value is -0.480. The molecule has 2 aliphatic rings. The van der Waals surface area contributed by atoms with Crippen LogP contribution >= 0.6 is 11.6 Å². The fraction of sp³-hybridized carbons (Fsp3) is 0.900. The fourth-order valence-electron chi connectivity index (χ4n) is 2.64. The highest BCUT2D eigenvalue weighted by atomic mass is 35.5. The Morgan fingerprint density at radius 1 is 1.40 bits per heavy atom. The summed E-state index contributed by atoms with van der Waals surface area (Å²) in [5.74, 6) is 1.27. The summed E-state index contributed by atoms with van der Waals surface area (Å²) in [4.78, 5) is 15.6. The van der Waals surface area contributed by atoms with Crippen LogP contribution in [0.4, 0.5) is 4.79 Å². The summed E-state index contributed by atoms with van der Waals surface area (Å²) in [5, 5.41) is 0. The molecular weight excluding hydrogens is 216 g/mol. The zero-order chi connectivity index (χ0) is 10.8. The number of carbonyl (C=O) groups excluding carboxylic acids is 1. The lowest BCUT2D eigenvalue weighted by Crippen LogP contribution is -2.37. The molecule has 2 rings (SSSR count). The quantitative estimate of drug-likeness (QED) is 0.637. The predicted octanol–water partition coefficient (Wildman–Crippen LogP) is 1.20. The average molecular weight is 233 g/mol. The summed E-state index contributed by atoms with van der Waals surface area (Å²) in [6, 6.07) is -0.0510. The summed E-state index contributed by atoms with van der Waals surface area (Å²) in [7, 11) is 2.13. The van der Waals surface area contributed by atoms with E-state index in [1.165, 1.54) is 6.42 Å². The van der Waals surface area contributed by atoms with Crippen molar-refractivity contribution in [3.05, 3.63) is 0 Å². The smallest absolute Gasteiger partial charge is 0.410 e. The van der Waals surface area contributed by atoms with Gasteiger partial charge in [-0.05, 0) is 31.8 Å². The van der Waals surface area contributed by atoms with Gasteiger partial charge in [0.05, 0.1) is 0 Å². The molecule has 4 nitrogen and oxygen atoms in total. The summed E-state index contributed by atoms with van der Waals surface area (Å²) >= 11 is 5.37. The monoisotopic (exact) mass is 232 g/mol. The molecule has 0 aromatic heterocycles. The van der Waals surface area contributed by atoms with Crippen LogP contribution in [0.15, 0.2) is 0 Å². The third kappa shape index (κ3) is 2.37. The van der Waals surface area contributed by atoms with Gasteiger partial charge < -0.3 is 14.5 Å². The molecule has 2 atom stereocenters. The molecule has 2 heterocycles. The van der Waals surface area contributed by atoms with Gasteiger partial charge in [0.2, 0.25) is 0 Å². The van der Waals surface area contributed by atoms with E-state index in [4.69, 9.17) is 16.3 Å². The lowest BCUT2D eigenvalue weighted by molar-refractivity contribution is 0.124. The molecule has 0 aliphatic carbocycles. The van der Waals surface area contributed by atoms with Gasteiger partial charge >= 0.3 is 6.09 Å². The molecule has 2 fully saturated rings. The van der Waals surface area contributed by atoms with Gasteiger partial charge in [0.1, 0.15) is 0 Å². The molecule has 5 heteroatoms. The van der Waals surface area contributed by atoms with Crippen molar-refractivity contribution in [1.82, 2.24) is 9.80 Å². The number of carbonyl (C=O) groups is 1. The minimum Gasteiger partial charge on any atom is -0.433 e. The Bertz CT molecular complexity index is 250. The van der Waals surface area contributed by atoms with Crippen LogP contribution in [-0.4, -0.2) is 55.2 Å². The first kappa shape index (κ1) is 11.0. The molecule has 0 spiro atoms. The molecule has 0 aromatic carbocycles. The van der Waals surface area contributed by atoms with Crippen LogP contribution in [0.3, 0.4) is 0 Å². The minimum atomic E-state index is -0.262. The van der Waals surface area contributed by atoms with E-state index in [1.807, 2.05) is 0 Å². The van der Waals surface area contributed by atoms with Crippen LogP contribution in [0.25, 0.3) is 0 Å². The van der Waals surface area contributed by atoms with Crippen molar-refractivity contribution in [1.29, 1.82) is 0 Å². The summed E-state index contributed by atoms with van der Waals surface area (Å²) in [6.45, 7) is 3.90. The number of likely N-dealkylation sites (tertiary alicyclic amines) is 2. The Labute approximate surface area is 95.1 Å². The Balaban J connectivity index is 1.90. The van der Waals surface area contributed by atoms with Crippen LogP contribution in [-0.2, 0) is 4.74 Å². The lowest BCUT2D eigenvalue weighted by atomic mass is 9.89. The Kier molecular flexibility index (Phi) is 3.36. The molecule has 0 radical (unpaired) electrons. The number of halogens is 1. The van der Waals surface area contributed by atoms with E-state index in [0.29, 0.717) is 11.8 Å². The van der Waals surface area contributed by atoms with Gasteiger partial charge in [-0.2, -0.15) is 0 Å².